The molecule has 2 amide bonds. The summed E-state index contributed by atoms with van der Waals surface area (Å²) in [6.07, 6.45) is 2.18. The minimum Gasteiger partial charge on any atom is -0.481 e. The van der Waals surface area contributed by atoms with E-state index in [2.05, 4.69) is 10.3 Å². The number of aromatic nitrogens is 1. The Labute approximate surface area is 154 Å². The van der Waals surface area contributed by atoms with Crippen LogP contribution in [0.5, 0.6) is 0 Å². The van der Waals surface area contributed by atoms with Gasteiger partial charge in [0.05, 0.1) is 32.7 Å². The number of nitrogens with one attached hydrogen (secondary N) is 1. The number of halogens is 1. The number of hydrogen-bond donors (Lipinski definition) is 2. The van der Waals surface area contributed by atoms with Crippen molar-refractivity contribution < 1.29 is 14.7 Å². The number of carboxylic acid groups (broad SMARTS) is 1. The van der Waals surface area contributed by atoms with E-state index in [0.29, 0.717) is 23.0 Å². The van der Waals surface area contributed by atoms with Gasteiger partial charge in [-0.05, 0) is 36.6 Å². The summed E-state index contributed by atoms with van der Waals surface area (Å²) in [4.78, 5) is 30.5. The lowest BCUT2D eigenvalue weighted by Gasteiger charge is -2.34. The van der Waals surface area contributed by atoms with Crippen molar-refractivity contribution in [3.8, 4) is 10.6 Å². The van der Waals surface area contributed by atoms with Crippen LogP contribution in [-0.4, -0.2) is 40.1 Å². The molecule has 1 aliphatic rings. The molecule has 132 valence electrons. The van der Waals surface area contributed by atoms with Gasteiger partial charge >= 0.3 is 12.0 Å². The number of rotatable bonds is 3. The van der Waals surface area contributed by atoms with Gasteiger partial charge in [0.15, 0.2) is 0 Å². The van der Waals surface area contributed by atoms with E-state index in [4.69, 9.17) is 11.6 Å². The zero-order valence-electron chi connectivity index (χ0n) is 13.6. The van der Waals surface area contributed by atoms with Crippen LogP contribution in [0.1, 0.15) is 13.3 Å². The third kappa shape index (κ3) is 4.29. The molecule has 2 N–H and O–H groups in total. The lowest BCUT2D eigenvalue weighted by molar-refractivity contribution is -0.143. The molecule has 3 rings (SSSR count). The molecule has 0 bridgehead atoms. The first-order chi connectivity index (χ1) is 11.9. The fourth-order valence-electron chi connectivity index (χ4n) is 2.96. The summed E-state index contributed by atoms with van der Waals surface area (Å²) >= 11 is 7.37. The summed E-state index contributed by atoms with van der Waals surface area (Å²) in [5.41, 5.74) is 1.36. The predicted molar refractivity (Wildman–Crippen MR) is 98.1 cm³/mol. The summed E-state index contributed by atoms with van der Waals surface area (Å²) < 4.78 is 0.696. The van der Waals surface area contributed by atoms with E-state index in [9.17, 15) is 14.7 Å². The third-order valence-corrected chi connectivity index (χ3v) is 5.39. The van der Waals surface area contributed by atoms with Crippen molar-refractivity contribution in [1.82, 2.24) is 9.88 Å². The molecule has 1 fully saturated rings. The molecule has 2 aromatic rings. The second-order valence-electron chi connectivity index (χ2n) is 6.25. The topological polar surface area (TPSA) is 82.5 Å². The molecule has 0 aromatic carbocycles. The number of carbonyl (C=O) groups excluding carboxylic acids is 1. The average molecular weight is 380 g/mol. The van der Waals surface area contributed by atoms with Crippen LogP contribution in [0.15, 0.2) is 30.5 Å². The van der Waals surface area contributed by atoms with Gasteiger partial charge in [-0.2, -0.15) is 0 Å². The van der Waals surface area contributed by atoms with Crippen molar-refractivity contribution in [1.29, 1.82) is 0 Å². The molecule has 2 aromatic heterocycles. The highest BCUT2D eigenvalue weighted by Crippen LogP contribution is 2.30. The number of amides is 2. The fraction of sp³-hybridized carbons (Fsp3) is 0.353. The molecule has 1 aliphatic heterocycles. The Kier molecular flexibility index (Phi) is 5.24. The highest BCUT2D eigenvalue weighted by atomic mass is 35.5. The third-order valence-electron chi connectivity index (χ3n) is 4.14. The van der Waals surface area contributed by atoms with E-state index in [1.807, 2.05) is 25.1 Å². The molecule has 0 saturated carbocycles. The maximum absolute atomic E-state index is 12.4. The van der Waals surface area contributed by atoms with Crippen LogP contribution in [0.25, 0.3) is 10.6 Å². The maximum atomic E-state index is 12.4. The largest absolute Gasteiger partial charge is 0.481 e. The molecule has 0 radical (unpaired) electrons. The first-order valence-corrected chi connectivity index (χ1v) is 9.12. The van der Waals surface area contributed by atoms with E-state index in [0.717, 1.165) is 10.6 Å². The molecule has 0 aliphatic carbocycles. The lowest BCUT2D eigenvalue weighted by Crippen LogP contribution is -2.47. The number of piperidine rings is 1. The van der Waals surface area contributed by atoms with Crippen molar-refractivity contribution in [3.05, 3.63) is 34.8 Å². The summed E-state index contributed by atoms with van der Waals surface area (Å²) in [5, 5.41) is 12.0. The van der Waals surface area contributed by atoms with Crippen LogP contribution >= 0.6 is 22.9 Å². The number of pyridine rings is 1. The standard InChI is InChI=1S/C17H18ClN3O3S/c1-10-6-11(16(22)23)9-21(8-10)17(24)20-12-2-3-13(19-7-12)14-4-5-15(18)25-14/h2-5,7,10-11H,6,8-9H2,1H3,(H,20,24)(H,22,23). The van der Waals surface area contributed by atoms with Gasteiger partial charge in [0.25, 0.3) is 0 Å². The second kappa shape index (κ2) is 7.41. The highest BCUT2D eigenvalue weighted by molar-refractivity contribution is 7.19. The van der Waals surface area contributed by atoms with Gasteiger partial charge in [-0.15, -0.1) is 11.3 Å². The fourth-order valence-corrected chi connectivity index (χ4v) is 3.98. The van der Waals surface area contributed by atoms with Crippen molar-refractivity contribution in [2.24, 2.45) is 11.8 Å². The number of urea groups is 1. The van der Waals surface area contributed by atoms with Crippen LogP contribution in [0.3, 0.4) is 0 Å². The Balaban J connectivity index is 1.65. The molecule has 2 atom stereocenters. The summed E-state index contributed by atoms with van der Waals surface area (Å²) in [6, 6.07) is 7.00. The molecule has 3 heterocycles. The monoisotopic (exact) mass is 379 g/mol. The zero-order chi connectivity index (χ0) is 18.0. The number of nitrogens with zero attached hydrogens (tertiary/aromatic N) is 2. The molecular weight excluding hydrogens is 362 g/mol. The van der Waals surface area contributed by atoms with Gasteiger partial charge < -0.3 is 15.3 Å². The van der Waals surface area contributed by atoms with Crippen LogP contribution in [-0.2, 0) is 4.79 Å². The Morgan fingerprint density at radius 3 is 2.72 bits per heavy atom. The van der Waals surface area contributed by atoms with Gasteiger partial charge in [0, 0.05) is 13.1 Å². The van der Waals surface area contributed by atoms with E-state index in [1.165, 1.54) is 11.3 Å². The summed E-state index contributed by atoms with van der Waals surface area (Å²) in [7, 11) is 0. The van der Waals surface area contributed by atoms with Crippen molar-refractivity contribution >= 4 is 40.6 Å². The van der Waals surface area contributed by atoms with Gasteiger partial charge in [-0.3, -0.25) is 9.78 Å². The lowest BCUT2D eigenvalue weighted by atomic mass is 9.91. The maximum Gasteiger partial charge on any atom is 0.321 e. The molecule has 6 nitrogen and oxygen atoms in total. The Morgan fingerprint density at radius 1 is 1.32 bits per heavy atom. The minimum absolute atomic E-state index is 0.157. The van der Waals surface area contributed by atoms with E-state index in [-0.39, 0.29) is 18.5 Å². The molecular formula is C17H18ClN3O3S. The number of likely N-dealkylation sites (tertiary alicyclic amines) is 1. The summed E-state index contributed by atoms with van der Waals surface area (Å²) in [5.74, 6) is -1.21. The molecule has 1 saturated heterocycles. The smallest absolute Gasteiger partial charge is 0.321 e. The molecule has 2 unspecified atom stereocenters. The van der Waals surface area contributed by atoms with Crippen LogP contribution in [0.4, 0.5) is 10.5 Å². The normalized spacial score (nSPS) is 20.3. The van der Waals surface area contributed by atoms with Crippen molar-refractivity contribution in [3.63, 3.8) is 0 Å². The Bertz CT molecular complexity index is 778. The van der Waals surface area contributed by atoms with Crippen LogP contribution < -0.4 is 5.32 Å². The Hall–Kier alpha value is -2.12. The quantitative estimate of drug-likeness (QED) is 0.843. The van der Waals surface area contributed by atoms with Gasteiger partial charge in [0.1, 0.15) is 0 Å². The number of aliphatic carboxylic acids is 1. The average Bonchev–Trinajstić information content (AvgIpc) is 3.01. The predicted octanol–water partition coefficient (Wildman–Crippen LogP) is 4.04. The number of carbonyl (C=O) groups is 2. The number of anilines is 1. The van der Waals surface area contributed by atoms with E-state index < -0.39 is 11.9 Å². The van der Waals surface area contributed by atoms with Gasteiger partial charge in [0.2, 0.25) is 0 Å². The van der Waals surface area contributed by atoms with E-state index in [1.54, 1.807) is 17.2 Å². The molecule has 25 heavy (non-hydrogen) atoms. The first kappa shape index (κ1) is 17.7. The van der Waals surface area contributed by atoms with E-state index >= 15 is 0 Å². The van der Waals surface area contributed by atoms with Crippen molar-refractivity contribution in [2.45, 2.75) is 13.3 Å². The van der Waals surface area contributed by atoms with Gasteiger partial charge in [-0.25, -0.2) is 4.79 Å². The van der Waals surface area contributed by atoms with Gasteiger partial charge in [-0.1, -0.05) is 18.5 Å². The highest BCUT2D eigenvalue weighted by Gasteiger charge is 2.31. The zero-order valence-corrected chi connectivity index (χ0v) is 15.2. The second-order valence-corrected chi connectivity index (χ2v) is 7.96. The number of thiophene rings is 1. The molecule has 8 heteroatoms. The SMILES string of the molecule is CC1CC(C(=O)O)CN(C(=O)Nc2ccc(-c3ccc(Cl)s3)nc2)C1. The summed E-state index contributed by atoms with van der Waals surface area (Å²) in [6.45, 7) is 2.73. The number of hydrogen-bond acceptors (Lipinski definition) is 4. The first-order valence-electron chi connectivity index (χ1n) is 7.93. The van der Waals surface area contributed by atoms with Crippen molar-refractivity contribution in [2.75, 3.05) is 18.4 Å². The van der Waals surface area contributed by atoms with Crippen LogP contribution in [0, 0.1) is 11.8 Å². The molecule has 0 spiro atoms. The van der Waals surface area contributed by atoms with Crippen LogP contribution in [0.2, 0.25) is 4.34 Å². The minimum atomic E-state index is -0.857. The number of carboxylic acids is 1. The Morgan fingerprint density at radius 2 is 2.12 bits per heavy atom.